The summed E-state index contributed by atoms with van der Waals surface area (Å²) < 4.78 is 13.7. The number of rotatable bonds is 5. The van der Waals surface area contributed by atoms with Crippen molar-refractivity contribution in [2.75, 3.05) is 5.32 Å². The molecule has 0 radical (unpaired) electrons. The second-order valence-corrected chi connectivity index (χ2v) is 4.41. The zero-order chi connectivity index (χ0) is 15.4. The fourth-order valence-electron chi connectivity index (χ4n) is 1.77. The first-order valence-corrected chi connectivity index (χ1v) is 6.13. The van der Waals surface area contributed by atoms with Gasteiger partial charge in [0.15, 0.2) is 0 Å². The van der Waals surface area contributed by atoms with Crippen molar-refractivity contribution in [3.63, 3.8) is 0 Å². The average molecular weight is 288 g/mol. The highest BCUT2D eigenvalue weighted by molar-refractivity contribution is 5.93. The summed E-state index contributed by atoms with van der Waals surface area (Å²) in [6.45, 7) is 0.326. The molecule has 0 aliphatic carbocycles. The SMILES string of the molecule is NC(=O)c1ccc(NCc2ccc(C(=O)O)cc2)c(F)c1. The Kier molecular flexibility index (Phi) is 4.18. The first kappa shape index (κ1) is 14.5. The Labute approximate surface area is 120 Å². The van der Waals surface area contributed by atoms with Crippen LogP contribution in [-0.2, 0) is 6.54 Å². The van der Waals surface area contributed by atoms with E-state index in [1.165, 1.54) is 24.3 Å². The Bertz CT molecular complexity index is 684. The van der Waals surface area contributed by atoms with E-state index in [1.807, 2.05) is 0 Å². The number of carbonyl (C=O) groups is 2. The smallest absolute Gasteiger partial charge is 0.335 e. The van der Waals surface area contributed by atoms with E-state index < -0.39 is 17.7 Å². The third-order valence-electron chi connectivity index (χ3n) is 2.94. The number of carbonyl (C=O) groups excluding carboxylic acids is 1. The number of primary amides is 1. The molecule has 0 spiro atoms. The van der Waals surface area contributed by atoms with Crippen LogP contribution in [0.5, 0.6) is 0 Å². The van der Waals surface area contributed by atoms with Gasteiger partial charge in [-0.1, -0.05) is 12.1 Å². The first-order chi connectivity index (χ1) is 9.97. The number of benzene rings is 2. The summed E-state index contributed by atoms with van der Waals surface area (Å²) in [5, 5.41) is 11.7. The molecule has 2 rings (SSSR count). The molecule has 0 bridgehead atoms. The highest BCUT2D eigenvalue weighted by Crippen LogP contribution is 2.17. The number of hydrogen-bond acceptors (Lipinski definition) is 3. The lowest BCUT2D eigenvalue weighted by Gasteiger charge is -2.08. The minimum Gasteiger partial charge on any atom is -0.478 e. The van der Waals surface area contributed by atoms with Gasteiger partial charge >= 0.3 is 5.97 Å². The van der Waals surface area contributed by atoms with E-state index in [2.05, 4.69) is 5.32 Å². The molecule has 21 heavy (non-hydrogen) atoms. The van der Waals surface area contributed by atoms with Crippen molar-refractivity contribution in [3.05, 3.63) is 65.0 Å². The number of halogens is 1. The number of nitrogens with two attached hydrogens (primary N) is 1. The second-order valence-electron chi connectivity index (χ2n) is 4.41. The summed E-state index contributed by atoms with van der Waals surface area (Å²) in [4.78, 5) is 21.6. The Morgan fingerprint density at radius 1 is 1.10 bits per heavy atom. The first-order valence-electron chi connectivity index (χ1n) is 6.13. The zero-order valence-corrected chi connectivity index (χ0v) is 11.0. The Morgan fingerprint density at radius 3 is 2.24 bits per heavy atom. The Balaban J connectivity index is 2.06. The van der Waals surface area contributed by atoms with E-state index in [-0.39, 0.29) is 16.8 Å². The molecule has 0 aromatic heterocycles. The van der Waals surface area contributed by atoms with Crippen molar-refractivity contribution in [1.29, 1.82) is 0 Å². The number of aromatic carboxylic acids is 1. The van der Waals surface area contributed by atoms with E-state index in [9.17, 15) is 14.0 Å². The highest BCUT2D eigenvalue weighted by Gasteiger charge is 2.07. The predicted molar refractivity (Wildman–Crippen MR) is 75.6 cm³/mol. The van der Waals surface area contributed by atoms with E-state index in [1.54, 1.807) is 12.1 Å². The number of nitrogens with one attached hydrogen (secondary N) is 1. The van der Waals surface area contributed by atoms with E-state index in [4.69, 9.17) is 10.8 Å². The monoisotopic (exact) mass is 288 g/mol. The van der Waals surface area contributed by atoms with Gasteiger partial charge < -0.3 is 16.2 Å². The maximum atomic E-state index is 13.7. The van der Waals surface area contributed by atoms with Gasteiger partial charge in [-0.3, -0.25) is 4.79 Å². The molecule has 0 saturated heterocycles. The van der Waals surface area contributed by atoms with Crippen LogP contribution >= 0.6 is 0 Å². The molecule has 0 fully saturated rings. The molecular weight excluding hydrogens is 275 g/mol. The van der Waals surface area contributed by atoms with Gasteiger partial charge in [0.05, 0.1) is 11.3 Å². The van der Waals surface area contributed by atoms with Crippen molar-refractivity contribution in [2.24, 2.45) is 5.73 Å². The summed E-state index contributed by atoms with van der Waals surface area (Å²) in [7, 11) is 0. The van der Waals surface area contributed by atoms with Crippen molar-refractivity contribution in [2.45, 2.75) is 6.54 Å². The van der Waals surface area contributed by atoms with Crippen molar-refractivity contribution in [1.82, 2.24) is 0 Å². The molecule has 0 saturated carbocycles. The van der Waals surface area contributed by atoms with Gasteiger partial charge in [0.1, 0.15) is 5.82 Å². The molecule has 0 heterocycles. The third-order valence-corrected chi connectivity index (χ3v) is 2.94. The summed E-state index contributed by atoms with van der Waals surface area (Å²) in [5.41, 5.74) is 6.40. The maximum Gasteiger partial charge on any atom is 0.335 e. The summed E-state index contributed by atoms with van der Waals surface area (Å²) >= 11 is 0. The summed E-state index contributed by atoms with van der Waals surface area (Å²) in [5.74, 6) is -2.26. The van der Waals surface area contributed by atoms with Crippen LogP contribution in [0.1, 0.15) is 26.3 Å². The molecular formula is C15H13FN2O3. The molecule has 2 aromatic carbocycles. The Morgan fingerprint density at radius 2 is 1.71 bits per heavy atom. The van der Waals surface area contributed by atoms with Crippen LogP contribution in [0.15, 0.2) is 42.5 Å². The van der Waals surface area contributed by atoms with Crippen LogP contribution in [0.3, 0.4) is 0 Å². The van der Waals surface area contributed by atoms with Crippen LogP contribution in [0.2, 0.25) is 0 Å². The Hall–Kier alpha value is -2.89. The number of carboxylic acid groups (broad SMARTS) is 1. The van der Waals surface area contributed by atoms with Crippen molar-refractivity contribution >= 4 is 17.6 Å². The quantitative estimate of drug-likeness (QED) is 0.786. The fraction of sp³-hybridized carbons (Fsp3) is 0.0667. The van der Waals surface area contributed by atoms with Crippen LogP contribution in [0, 0.1) is 5.82 Å². The van der Waals surface area contributed by atoms with Crippen LogP contribution in [-0.4, -0.2) is 17.0 Å². The molecule has 2 aromatic rings. The predicted octanol–water partition coefficient (Wildman–Crippen LogP) is 2.23. The topological polar surface area (TPSA) is 92.4 Å². The highest BCUT2D eigenvalue weighted by atomic mass is 19.1. The van der Waals surface area contributed by atoms with Gasteiger partial charge in [-0.15, -0.1) is 0 Å². The van der Waals surface area contributed by atoms with Crippen LogP contribution in [0.25, 0.3) is 0 Å². The number of hydrogen-bond donors (Lipinski definition) is 3. The normalized spacial score (nSPS) is 10.1. The molecule has 0 aliphatic heterocycles. The molecule has 1 amide bonds. The minimum absolute atomic E-state index is 0.101. The second kappa shape index (κ2) is 6.04. The lowest BCUT2D eigenvalue weighted by atomic mass is 10.1. The molecule has 0 atom stereocenters. The number of anilines is 1. The molecule has 6 heteroatoms. The van der Waals surface area contributed by atoms with Gasteiger partial charge in [-0.2, -0.15) is 0 Å². The summed E-state index contributed by atoms with van der Waals surface area (Å²) in [6.07, 6.45) is 0. The van der Waals surface area contributed by atoms with E-state index in [0.29, 0.717) is 6.54 Å². The lowest BCUT2D eigenvalue weighted by Crippen LogP contribution is -2.11. The van der Waals surface area contributed by atoms with Gasteiger partial charge in [0.2, 0.25) is 5.91 Å². The van der Waals surface area contributed by atoms with Crippen LogP contribution < -0.4 is 11.1 Å². The third kappa shape index (κ3) is 3.56. The van der Waals surface area contributed by atoms with Gasteiger partial charge in [-0.05, 0) is 35.9 Å². The van der Waals surface area contributed by atoms with Crippen LogP contribution in [0.4, 0.5) is 10.1 Å². The fourth-order valence-corrected chi connectivity index (χ4v) is 1.77. The zero-order valence-electron chi connectivity index (χ0n) is 11.0. The number of amides is 1. The van der Waals surface area contributed by atoms with Gasteiger partial charge in [-0.25, -0.2) is 9.18 Å². The van der Waals surface area contributed by atoms with Gasteiger partial charge in [0, 0.05) is 12.1 Å². The van der Waals surface area contributed by atoms with Crippen molar-refractivity contribution < 1.29 is 19.1 Å². The molecule has 5 nitrogen and oxygen atoms in total. The van der Waals surface area contributed by atoms with E-state index in [0.717, 1.165) is 11.6 Å². The average Bonchev–Trinajstić information content (AvgIpc) is 2.46. The number of carboxylic acids is 1. The van der Waals surface area contributed by atoms with Gasteiger partial charge in [0.25, 0.3) is 0 Å². The largest absolute Gasteiger partial charge is 0.478 e. The molecule has 108 valence electrons. The maximum absolute atomic E-state index is 13.7. The summed E-state index contributed by atoms with van der Waals surface area (Å²) in [6, 6.07) is 10.2. The molecule has 0 unspecified atom stereocenters. The molecule has 0 aliphatic rings. The van der Waals surface area contributed by atoms with Crippen molar-refractivity contribution in [3.8, 4) is 0 Å². The van der Waals surface area contributed by atoms with E-state index >= 15 is 0 Å². The lowest BCUT2D eigenvalue weighted by molar-refractivity contribution is 0.0696. The molecule has 4 N–H and O–H groups in total. The minimum atomic E-state index is -0.998. The standard InChI is InChI=1S/C15H13FN2O3/c16-12-7-11(14(17)19)5-6-13(12)18-8-9-1-3-10(4-2-9)15(20)21/h1-7,18H,8H2,(H2,17,19)(H,20,21).